The monoisotopic (exact) mass is 183 g/mol. The first-order valence-electron chi connectivity index (χ1n) is 4.87. The zero-order chi connectivity index (χ0) is 9.84. The lowest BCUT2D eigenvalue weighted by Crippen LogP contribution is -2.27. The van der Waals surface area contributed by atoms with E-state index in [1.54, 1.807) is 0 Å². The van der Waals surface area contributed by atoms with E-state index < -0.39 is 5.97 Å². The number of hydrogen-bond donors (Lipinski definition) is 0. The van der Waals surface area contributed by atoms with Crippen molar-refractivity contribution in [2.24, 2.45) is 11.8 Å². The Labute approximate surface area is 78.1 Å². The molecule has 1 saturated carbocycles. The van der Waals surface area contributed by atoms with Crippen molar-refractivity contribution >= 4 is 11.8 Å². The Morgan fingerprint density at radius 2 is 2.31 bits per heavy atom. The minimum Gasteiger partial charge on any atom is -0.550 e. The SMILES string of the molecule is CCCC1C(=O)CCC1CC(=O)[O-]. The van der Waals surface area contributed by atoms with E-state index in [9.17, 15) is 14.7 Å². The molecule has 0 heterocycles. The van der Waals surface area contributed by atoms with Gasteiger partial charge in [0, 0.05) is 18.3 Å². The standard InChI is InChI=1S/C10H16O3/c1-2-3-8-7(6-10(12)13)4-5-9(8)11/h7-8H,2-6H2,1H3,(H,12,13)/p-1. The number of aliphatic carboxylic acids is 1. The highest BCUT2D eigenvalue weighted by atomic mass is 16.4. The minimum absolute atomic E-state index is 0.0112. The summed E-state index contributed by atoms with van der Waals surface area (Å²) < 4.78 is 0. The van der Waals surface area contributed by atoms with Crippen molar-refractivity contribution in [1.82, 2.24) is 0 Å². The van der Waals surface area contributed by atoms with Gasteiger partial charge in [0.2, 0.25) is 0 Å². The summed E-state index contributed by atoms with van der Waals surface area (Å²) in [5, 5.41) is 10.4. The molecular weight excluding hydrogens is 168 g/mol. The molecule has 0 aromatic heterocycles. The number of ketones is 1. The van der Waals surface area contributed by atoms with Crippen LogP contribution in [0.1, 0.15) is 39.0 Å². The predicted octanol–water partition coefficient (Wildman–Crippen LogP) is 0.522. The molecule has 0 aliphatic heterocycles. The minimum atomic E-state index is -1.03. The van der Waals surface area contributed by atoms with E-state index >= 15 is 0 Å². The molecule has 74 valence electrons. The van der Waals surface area contributed by atoms with Crippen LogP contribution in [-0.2, 0) is 9.59 Å². The van der Waals surface area contributed by atoms with Crippen LogP contribution in [0.15, 0.2) is 0 Å². The van der Waals surface area contributed by atoms with Crippen molar-refractivity contribution in [2.45, 2.75) is 39.0 Å². The molecule has 1 aliphatic rings. The molecule has 1 fully saturated rings. The first-order chi connectivity index (χ1) is 6.15. The van der Waals surface area contributed by atoms with Crippen LogP contribution in [0.25, 0.3) is 0 Å². The fourth-order valence-electron chi connectivity index (χ4n) is 2.14. The fourth-order valence-corrected chi connectivity index (χ4v) is 2.14. The first kappa shape index (κ1) is 10.2. The molecule has 1 aliphatic carbocycles. The van der Waals surface area contributed by atoms with Crippen molar-refractivity contribution < 1.29 is 14.7 Å². The molecule has 13 heavy (non-hydrogen) atoms. The van der Waals surface area contributed by atoms with Crippen molar-refractivity contribution in [2.75, 3.05) is 0 Å². The number of carbonyl (C=O) groups is 2. The lowest BCUT2D eigenvalue weighted by molar-refractivity contribution is -0.307. The van der Waals surface area contributed by atoms with E-state index in [2.05, 4.69) is 0 Å². The Hall–Kier alpha value is -0.860. The smallest absolute Gasteiger partial charge is 0.136 e. The topological polar surface area (TPSA) is 57.2 Å². The van der Waals surface area contributed by atoms with Gasteiger partial charge in [-0.15, -0.1) is 0 Å². The Bertz CT molecular complexity index is 210. The second kappa shape index (κ2) is 4.40. The van der Waals surface area contributed by atoms with Gasteiger partial charge in [-0.1, -0.05) is 13.3 Å². The Balaban J connectivity index is 2.53. The molecule has 0 saturated heterocycles. The number of carbonyl (C=O) groups excluding carboxylic acids is 2. The highest BCUT2D eigenvalue weighted by molar-refractivity contribution is 5.84. The van der Waals surface area contributed by atoms with Crippen LogP contribution < -0.4 is 5.11 Å². The molecule has 3 heteroatoms. The van der Waals surface area contributed by atoms with Crippen LogP contribution in [0.4, 0.5) is 0 Å². The molecule has 0 aromatic carbocycles. The van der Waals surface area contributed by atoms with Gasteiger partial charge in [-0.3, -0.25) is 4.79 Å². The summed E-state index contributed by atoms with van der Waals surface area (Å²) >= 11 is 0. The summed E-state index contributed by atoms with van der Waals surface area (Å²) in [5.74, 6) is -0.755. The number of rotatable bonds is 4. The van der Waals surface area contributed by atoms with E-state index in [4.69, 9.17) is 0 Å². The Morgan fingerprint density at radius 1 is 1.62 bits per heavy atom. The van der Waals surface area contributed by atoms with Crippen LogP contribution in [0, 0.1) is 11.8 Å². The van der Waals surface area contributed by atoms with Gasteiger partial charge in [0.1, 0.15) is 5.78 Å². The molecule has 2 atom stereocenters. The quantitative estimate of drug-likeness (QED) is 0.638. The van der Waals surface area contributed by atoms with Gasteiger partial charge >= 0.3 is 0 Å². The number of carboxylic acids is 1. The third kappa shape index (κ3) is 2.54. The molecule has 2 unspecified atom stereocenters. The average molecular weight is 183 g/mol. The van der Waals surface area contributed by atoms with Crippen molar-refractivity contribution in [3.05, 3.63) is 0 Å². The number of carboxylic acid groups (broad SMARTS) is 1. The third-order valence-electron chi connectivity index (χ3n) is 2.77. The molecule has 0 radical (unpaired) electrons. The maximum Gasteiger partial charge on any atom is 0.136 e. The van der Waals surface area contributed by atoms with E-state index in [1.165, 1.54) is 0 Å². The van der Waals surface area contributed by atoms with Crippen LogP contribution >= 0.6 is 0 Å². The van der Waals surface area contributed by atoms with E-state index in [0.29, 0.717) is 6.42 Å². The zero-order valence-corrected chi connectivity index (χ0v) is 7.91. The highest BCUT2D eigenvalue weighted by Gasteiger charge is 2.33. The van der Waals surface area contributed by atoms with Gasteiger partial charge < -0.3 is 9.90 Å². The molecule has 3 nitrogen and oxygen atoms in total. The third-order valence-corrected chi connectivity index (χ3v) is 2.77. The average Bonchev–Trinajstić information content (AvgIpc) is 2.35. The summed E-state index contributed by atoms with van der Waals surface area (Å²) in [6, 6.07) is 0. The van der Waals surface area contributed by atoms with Gasteiger partial charge in [0.15, 0.2) is 0 Å². The van der Waals surface area contributed by atoms with Crippen molar-refractivity contribution in [3.63, 3.8) is 0 Å². The second-order valence-corrected chi connectivity index (χ2v) is 3.74. The molecule has 0 spiro atoms. The lowest BCUT2D eigenvalue weighted by atomic mass is 9.89. The molecule has 0 bridgehead atoms. The number of Topliss-reactive ketones (excluding diaryl/α,β-unsaturated/α-hetero) is 1. The molecule has 0 N–H and O–H groups in total. The number of hydrogen-bond acceptors (Lipinski definition) is 3. The highest BCUT2D eigenvalue weighted by Crippen LogP contribution is 2.34. The normalized spacial score (nSPS) is 27.9. The maximum absolute atomic E-state index is 11.3. The summed E-state index contributed by atoms with van der Waals surface area (Å²) in [7, 11) is 0. The van der Waals surface area contributed by atoms with E-state index in [-0.39, 0.29) is 24.0 Å². The molecule has 1 rings (SSSR count). The van der Waals surface area contributed by atoms with Gasteiger partial charge in [-0.2, -0.15) is 0 Å². The summed E-state index contributed by atoms with van der Waals surface area (Å²) in [6.07, 6.45) is 3.12. The van der Waals surface area contributed by atoms with Crippen LogP contribution in [-0.4, -0.2) is 11.8 Å². The van der Waals surface area contributed by atoms with Crippen molar-refractivity contribution in [1.29, 1.82) is 0 Å². The lowest BCUT2D eigenvalue weighted by Gasteiger charge is -2.17. The largest absolute Gasteiger partial charge is 0.550 e. The van der Waals surface area contributed by atoms with Gasteiger partial charge in [0.05, 0.1) is 0 Å². The second-order valence-electron chi connectivity index (χ2n) is 3.74. The fraction of sp³-hybridized carbons (Fsp3) is 0.800. The van der Waals surface area contributed by atoms with Gasteiger partial charge in [-0.05, 0) is 25.2 Å². The summed E-state index contributed by atoms with van der Waals surface area (Å²) in [6.45, 7) is 2.02. The Morgan fingerprint density at radius 3 is 2.85 bits per heavy atom. The van der Waals surface area contributed by atoms with E-state index in [0.717, 1.165) is 19.3 Å². The maximum atomic E-state index is 11.3. The van der Waals surface area contributed by atoms with Gasteiger partial charge in [0.25, 0.3) is 0 Å². The summed E-state index contributed by atoms with van der Waals surface area (Å²) in [5.41, 5.74) is 0. The zero-order valence-electron chi connectivity index (χ0n) is 7.91. The summed E-state index contributed by atoms with van der Waals surface area (Å²) in [4.78, 5) is 21.7. The van der Waals surface area contributed by atoms with Crippen LogP contribution in [0.5, 0.6) is 0 Å². The van der Waals surface area contributed by atoms with Gasteiger partial charge in [-0.25, -0.2) is 0 Å². The first-order valence-corrected chi connectivity index (χ1v) is 4.87. The van der Waals surface area contributed by atoms with Crippen molar-refractivity contribution in [3.8, 4) is 0 Å². The molecule has 0 amide bonds. The van der Waals surface area contributed by atoms with E-state index in [1.807, 2.05) is 6.92 Å². The predicted molar refractivity (Wildman–Crippen MR) is 45.8 cm³/mol. The Kier molecular flexibility index (Phi) is 3.46. The van der Waals surface area contributed by atoms with Crippen LogP contribution in [0.2, 0.25) is 0 Å². The molecular formula is C10H15O3-. The van der Waals surface area contributed by atoms with Crippen LogP contribution in [0.3, 0.4) is 0 Å². The molecule has 0 aromatic rings.